The second-order valence-electron chi connectivity index (χ2n) is 9.96. The summed E-state index contributed by atoms with van der Waals surface area (Å²) in [6, 6.07) is 32.5. The van der Waals surface area contributed by atoms with Crippen LogP contribution >= 0.6 is 0 Å². The number of fused-ring (bicyclic) bond motifs is 5. The maximum absolute atomic E-state index is 7.28. The van der Waals surface area contributed by atoms with E-state index in [2.05, 4.69) is 117 Å². The first kappa shape index (κ1) is 24.3. The van der Waals surface area contributed by atoms with Crippen LogP contribution in [0.5, 0.6) is 0 Å². The highest BCUT2D eigenvalue weighted by Crippen LogP contribution is 2.47. The average Bonchev–Trinajstić information content (AvgIpc) is 2.91. The van der Waals surface area contributed by atoms with Gasteiger partial charge in [-0.25, -0.2) is 0 Å². The molecule has 180 valence electrons. The number of hydrogen-bond donors (Lipinski definition) is 0. The van der Waals surface area contributed by atoms with Crippen LogP contribution in [-0.4, -0.2) is 25.4 Å². The largest absolute Gasteiger partial charge is 0.411 e. The van der Waals surface area contributed by atoms with E-state index in [-0.39, 0.29) is 5.60 Å². The van der Waals surface area contributed by atoms with Crippen LogP contribution in [0.25, 0.3) is 43.1 Å². The molecule has 1 saturated heterocycles. The van der Waals surface area contributed by atoms with E-state index in [9.17, 15) is 0 Å². The number of benzene rings is 5. The first-order valence-electron chi connectivity index (χ1n) is 12.9. The van der Waals surface area contributed by atoms with Crippen molar-refractivity contribution in [2.45, 2.75) is 30.2 Å². The van der Waals surface area contributed by atoms with E-state index in [1.54, 1.807) is 0 Å². The van der Waals surface area contributed by atoms with Gasteiger partial charge in [0.25, 0.3) is 0 Å². The lowest BCUT2D eigenvalue weighted by Crippen LogP contribution is -2.53. The third kappa shape index (κ3) is 4.28. The quantitative estimate of drug-likeness (QED) is 0.0892. The summed E-state index contributed by atoms with van der Waals surface area (Å²) < 4.78 is 7.28. The molecule has 1 nitrogen and oxygen atoms in total. The molecule has 5 aromatic carbocycles. The van der Waals surface area contributed by atoms with Crippen LogP contribution in [0.4, 0.5) is 0 Å². The summed E-state index contributed by atoms with van der Waals surface area (Å²) >= 11 is 0. The van der Waals surface area contributed by atoms with Gasteiger partial charge in [0.1, 0.15) is 0 Å². The zero-order valence-electron chi connectivity index (χ0n) is 21.1. The molecule has 0 aliphatic carbocycles. The van der Waals surface area contributed by atoms with Crippen molar-refractivity contribution in [1.29, 1.82) is 0 Å². The van der Waals surface area contributed by atoms with Crippen molar-refractivity contribution in [3.05, 3.63) is 122 Å². The van der Waals surface area contributed by atoms with Gasteiger partial charge in [0.05, 0.1) is 14.2 Å². The second kappa shape index (κ2) is 10.0. The van der Waals surface area contributed by atoms with Gasteiger partial charge in [-0.2, -0.15) is 0 Å². The lowest BCUT2D eigenvalue weighted by molar-refractivity contribution is 0.0938. The van der Waals surface area contributed by atoms with Crippen molar-refractivity contribution in [2.75, 3.05) is 0 Å². The van der Waals surface area contributed by atoms with Crippen LogP contribution < -0.4 is 0 Å². The fraction of sp³-hybridized carbons (Fsp3) is 0.152. The third-order valence-corrected chi connectivity index (χ3v) is 20.9. The van der Waals surface area contributed by atoms with Gasteiger partial charge >= 0.3 is 0 Å². The molecule has 4 radical (unpaired) electrons. The Morgan fingerprint density at radius 3 is 2.14 bits per heavy atom. The van der Waals surface area contributed by atoms with E-state index in [4.69, 9.17) is 4.43 Å². The zero-order valence-corrected chi connectivity index (χ0v) is 24.1. The summed E-state index contributed by atoms with van der Waals surface area (Å²) in [7, 11) is -0.661. The molecule has 1 fully saturated rings. The van der Waals surface area contributed by atoms with Crippen molar-refractivity contribution < 1.29 is 4.43 Å². The SMILES string of the molecule is C=CC[Si]1CC(CC=C)(c2c3ccccc3cc3c2ccc2cc4ccccc4cc23)O[Si](CC=C)[Si]1. The van der Waals surface area contributed by atoms with Crippen molar-refractivity contribution >= 4 is 68.5 Å². The van der Waals surface area contributed by atoms with E-state index in [0.717, 1.165) is 33.1 Å². The summed E-state index contributed by atoms with van der Waals surface area (Å²) in [5.41, 5.74) is 1.00. The number of rotatable bonds is 7. The first-order valence-corrected chi connectivity index (χ1v) is 19.5. The van der Waals surface area contributed by atoms with Gasteiger partial charge in [-0.3, -0.25) is 0 Å². The topological polar surface area (TPSA) is 9.23 Å². The highest BCUT2D eigenvalue weighted by molar-refractivity contribution is 7.40. The molecular formula is C33H30OSi3. The number of hydrogen-bond acceptors (Lipinski definition) is 1. The maximum atomic E-state index is 7.28. The molecule has 0 saturated carbocycles. The molecule has 1 heterocycles. The van der Waals surface area contributed by atoms with Crippen LogP contribution in [0.3, 0.4) is 0 Å². The molecule has 0 aromatic heterocycles. The normalized spacial score (nSPS) is 19.0. The number of allylic oxidation sites excluding steroid dienone is 2. The van der Waals surface area contributed by atoms with Gasteiger partial charge in [0.15, 0.2) is 8.56 Å². The summed E-state index contributed by atoms with van der Waals surface area (Å²) in [6.45, 7) is 12.4. The van der Waals surface area contributed by atoms with Gasteiger partial charge < -0.3 is 4.43 Å². The Labute approximate surface area is 224 Å². The van der Waals surface area contributed by atoms with Crippen molar-refractivity contribution in [2.24, 2.45) is 0 Å². The minimum atomic E-state index is -0.991. The molecule has 1 aliphatic heterocycles. The van der Waals surface area contributed by atoms with Crippen LogP contribution in [0.1, 0.15) is 12.0 Å². The van der Waals surface area contributed by atoms with Crippen molar-refractivity contribution in [3.8, 4) is 0 Å². The monoisotopic (exact) mass is 526 g/mol. The van der Waals surface area contributed by atoms with E-state index in [1.807, 2.05) is 0 Å². The molecule has 0 amide bonds. The minimum absolute atomic E-state index is 0.356. The van der Waals surface area contributed by atoms with Crippen molar-refractivity contribution in [3.63, 3.8) is 0 Å². The Morgan fingerprint density at radius 1 is 0.703 bits per heavy atom. The predicted molar refractivity (Wildman–Crippen MR) is 166 cm³/mol. The van der Waals surface area contributed by atoms with E-state index < -0.39 is 16.9 Å². The Bertz CT molecular complexity index is 1650. The van der Waals surface area contributed by atoms with Crippen LogP contribution in [0, 0.1) is 0 Å². The molecule has 0 spiro atoms. The fourth-order valence-corrected chi connectivity index (χ4v) is 20.7. The van der Waals surface area contributed by atoms with E-state index in [1.165, 1.54) is 48.7 Å². The van der Waals surface area contributed by atoms with E-state index >= 15 is 0 Å². The predicted octanol–water partition coefficient (Wildman–Crippen LogP) is 8.66. The Morgan fingerprint density at radius 2 is 1.38 bits per heavy atom. The lowest BCUT2D eigenvalue weighted by Gasteiger charge is -2.45. The fourth-order valence-electron chi connectivity index (χ4n) is 6.05. The molecule has 37 heavy (non-hydrogen) atoms. The zero-order chi connectivity index (χ0) is 25.4. The second-order valence-corrected chi connectivity index (χ2v) is 20.4. The Balaban J connectivity index is 1.70. The molecule has 1 atom stereocenters. The van der Waals surface area contributed by atoms with Crippen LogP contribution in [0.15, 0.2) is 117 Å². The molecule has 1 aliphatic rings. The van der Waals surface area contributed by atoms with Crippen LogP contribution in [-0.2, 0) is 10.0 Å². The molecule has 5 aromatic rings. The van der Waals surface area contributed by atoms with Gasteiger partial charge in [0, 0.05) is 8.31 Å². The summed E-state index contributed by atoms with van der Waals surface area (Å²) in [5.74, 6) is 0. The van der Waals surface area contributed by atoms with Gasteiger partial charge in [-0.05, 0) is 91.4 Å². The molecule has 1 unspecified atom stereocenters. The molecule has 4 heteroatoms. The summed E-state index contributed by atoms with van der Waals surface area (Å²) in [5, 5.41) is 10.4. The summed E-state index contributed by atoms with van der Waals surface area (Å²) in [6.07, 6.45) is 7.11. The first-order chi connectivity index (χ1) is 18.2. The standard InChI is InChI=1S/C33H30OSi3/c1-4-17-33(23-36(18-5-2)35-37(34-33)19-6-3)32-28-14-10-9-13-26(28)22-31-29(32)16-15-27-20-24-11-7-8-12-25(24)21-30(27)31/h4-16,20-22H,1-3,17-19,23H2. The molecule has 0 N–H and O–H groups in total. The van der Waals surface area contributed by atoms with Gasteiger partial charge in [-0.15, -0.1) is 19.7 Å². The minimum Gasteiger partial charge on any atom is -0.411 e. The average molecular weight is 527 g/mol. The summed E-state index contributed by atoms with van der Waals surface area (Å²) in [4.78, 5) is 0. The maximum Gasteiger partial charge on any atom is 0.192 e. The Hall–Kier alpha value is -3.03. The molecule has 6 rings (SSSR count). The van der Waals surface area contributed by atoms with E-state index in [0.29, 0.717) is 0 Å². The highest BCUT2D eigenvalue weighted by atomic mass is 29.6. The third-order valence-electron chi connectivity index (χ3n) is 7.51. The molecule has 0 bridgehead atoms. The van der Waals surface area contributed by atoms with Crippen LogP contribution in [0.2, 0.25) is 18.1 Å². The highest BCUT2D eigenvalue weighted by Gasteiger charge is 2.44. The van der Waals surface area contributed by atoms with Gasteiger partial charge in [0.2, 0.25) is 0 Å². The molecular weight excluding hydrogens is 497 g/mol. The lowest BCUT2D eigenvalue weighted by atomic mass is 9.83. The Kier molecular flexibility index (Phi) is 6.59. The smallest absolute Gasteiger partial charge is 0.192 e. The van der Waals surface area contributed by atoms with Crippen molar-refractivity contribution in [1.82, 2.24) is 0 Å². The van der Waals surface area contributed by atoms with Gasteiger partial charge in [-0.1, -0.05) is 78.9 Å².